The number of nitriles is 1. The highest BCUT2D eigenvalue weighted by Gasteiger charge is 2.09. The Morgan fingerprint density at radius 3 is 2.68 bits per heavy atom. The molecule has 0 unspecified atom stereocenters. The third-order valence-corrected chi connectivity index (χ3v) is 3.94. The van der Waals surface area contributed by atoms with Gasteiger partial charge in [-0.25, -0.2) is 0 Å². The van der Waals surface area contributed by atoms with Gasteiger partial charge in [-0.05, 0) is 30.0 Å². The lowest BCUT2D eigenvalue weighted by Crippen LogP contribution is -1.82. The molecule has 108 valence electrons. The minimum Gasteiger partial charge on any atom is -0.358 e. The van der Waals surface area contributed by atoms with E-state index < -0.39 is 0 Å². The van der Waals surface area contributed by atoms with E-state index >= 15 is 0 Å². The average Bonchev–Trinajstić information content (AvgIpc) is 2.86. The van der Waals surface area contributed by atoms with Crippen LogP contribution < -0.4 is 0 Å². The molecule has 0 aliphatic carbocycles. The second-order valence-electron chi connectivity index (χ2n) is 5.43. The zero-order valence-electron chi connectivity index (χ0n) is 12.6. The quantitative estimate of drug-likeness (QED) is 0.735. The maximum absolute atomic E-state index is 8.98. The first-order valence-electron chi connectivity index (χ1n) is 7.47. The summed E-state index contributed by atoms with van der Waals surface area (Å²) in [6, 6.07) is 18.9. The maximum atomic E-state index is 8.98. The van der Waals surface area contributed by atoms with Gasteiger partial charge in [0.1, 0.15) is 0 Å². The van der Waals surface area contributed by atoms with Crippen molar-refractivity contribution >= 4 is 17.0 Å². The summed E-state index contributed by atoms with van der Waals surface area (Å²) in [7, 11) is 0. The lowest BCUT2D eigenvalue weighted by Gasteiger charge is -1.99. The number of hydrogen-bond donors (Lipinski definition) is 1. The van der Waals surface area contributed by atoms with E-state index in [1.54, 1.807) is 0 Å². The fourth-order valence-electron chi connectivity index (χ4n) is 2.81. The standard InChI is InChI=1S/C20H18N2/c1-15-18(13-14-21)19-12-6-11-17(20(19)22-15)10-5-9-16-7-3-2-4-8-16/h2-8,10-12,22H,9,13H2,1H3. The smallest absolute Gasteiger partial charge is 0.0670 e. The summed E-state index contributed by atoms with van der Waals surface area (Å²) in [6.07, 6.45) is 5.71. The van der Waals surface area contributed by atoms with Crippen LogP contribution in [0.4, 0.5) is 0 Å². The summed E-state index contributed by atoms with van der Waals surface area (Å²) in [5.41, 5.74) is 5.78. The molecule has 0 spiro atoms. The van der Waals surface area contributed by atoms with Gasteiger partial charge in [-0.1, -0.05) is 60.7 Å². The second-order valence-corrected chi connectivity index (χ2v) is 5.43. The molecule has 0 aliphatic heterocycles. The molecule has 0 aliphatic rings. The fourth-order valence-corrected chi connectivity index (χ4v) is 2.81. The number of aromatic nitrogens is 1. The van der Waals surface area contributed by atoms with Gasteiger partial charge in [-0.15, -0.1) is 0 Å². The van der Waals surface area contributed by atoms with E-state index in [1.165, 1.54) is 11.1 Å². The first-order valence-corrected chi connectivity index (χ1v) is 7.47. The number of aryl methyl sites for hydroxylation is 1. The molecule has 1 N–H and O–H groups in total. The first-order chi connectivity index (χ1) is 10.8. The maximum Gasteiger partial charge on any atom is 0.0670 e. The van der Waals surface area contributed by atoms with Gasteiger partial charge in [-0.3, -0.25) is 0 Å². The summed E-state index contributed by atoms with van der Waals surface area (Å²) in [5, 5.41) is 10.1. The Bertz CT molecular complexity index is 849. The number of allylic oxidation sites excluding steroid dienone is 1. The number of hydrogen-bond acceptors (Lipinski definition) is 1. The Balaban J connectivity index is 1.91. The predicted octanol–water partition coefficient (Wildman–Crippen LogP) is 4.80. The summed E-state index contributed by atoms with van der Waals surface area (Å²) in [6.45, 7) is 2.03. The van der Waals surface area contributed by atoms with Crippen LogP contribution in [0.2, 0.25) is 0 Å². The van der Waals surface area contributed by atoms with Crippen molar-refractivity contribution in [2.24, 2.45) is 0 Å². The van der Waals surface area contributed by atoms with Crippen LogP contribution in [0.1, 0.15) is 22.4 Å². The number of aromatic amines is 1. The summed E-state index contributed by atoms with van der Waals surface area (Å²) >= 11 is 0. The largest absolute Gasteiger partial charge is 0.358 e. The van der Waals surface area contributed by atoms with Gasteiger partial charge in [0.05, 0.1) is 18.0 Å². The molecular formula is C20H18N2. The molecule has 3 rings (SSSR count). The molecular weight excluding hydrogens is 268 g/mol. The molecule has 0 saturated carbocycles. The van der Waals surface area contributed by atoms with Gasteiger partial charge in [0.15, 0.2) is 0 Å². The minimum absolute atomic E-state index is 0.447. The van der Waals surface area contributed by atoms with Crippen molar-refractivity contribution in [2.75, 3.05) is 0 Å². The molecule has 0 radical (unpaired) electrons. The Kier molecular flexibility index (Phi) is 4.07. The average molecular weight is 286 g/mol. The molecule has 2 heteroatoms. The molecule has 0 bridgehead atoms. The lowest BCUT2D eigenvalue weighted by molar-refractivity contribution is 1.19. The van der Waals surface area contributed by atoms with Crippen LogP contribution in [0.15, 0.2) is 54.6 Å². The fraction of sp³-hybridized carbons (Fsp3) is 0.150. The zero-order chi connectivity index (χ0) is 15.4. The molecule has 0 amide bonds. The molecule has 2 nitrogen and oxygen atoms in total. The van der Waals surface area contributed by atoms with E-state index in [9.17, 15) is 0 Å². The predicted molar refractivity (Wildman–Crippen MR) is 91.5 cm³/mol. The van der Waals surface area contributed by atoms with Gasteiger partial charge in [0.25, 0.3) is 0 Å². The topological polar surface area (TPSA) is 39.6 Å². The van der Waals surface area contributed by atoms with Crippen LogP contribution in [-0.4, -0.2) is 4.98 Å². The Labute approximate surface area is 130 Å². The number of fused-ring (bicyclic) bond motifs is 1. The Morgan fingerprint density at radius 1 is 1.09 bits per heavy atom. The van der Waals surface area contributed by atoms with Crippen molar-refractivity contribution in [3.05, 3.63) is 77.0 Å². The third kappa shape index (κ3) is 2.80. The van der Waals surface area contributed by atoms with E-state index in [0.717, 1.165) is 28.6 Å². The van der Waals surface area contributed by atoms with Crippen molar-refractivity contribution in [1.29, 1.82) is 5.26 Å². The van der Waals surface area contributed by atoms with E-state index in [1.807, 2.05) is 13.0 Å². The molecule has 1 aromatic heterocycles. The summed E-state index contributed by atoms with van der Waals surface area (Å²) in [4.78, 5) is 3.43. The van der Waals surface area contributed by atoms with Crippen molar-refractivity contribution in [3.8, 4) is 6.07 Å². The molecule has 3 aromatic rings. The zero-order valence-corrected chi connectivity index (χ0v) is 12.6. The van der Waals surface area contributed by atoms with Gasteiger partial charge in [0, 0.05) is 11.1 Å². The Hall–Kier alpha value is -2.79. The molecule has 2 aromatic carbocycles. The van der Waals surface area contributed by atoms with Gasteiger partial charge in [-0.2, -0.15) is 5.26 Å². The number of rotatable bonds is 4. The molecule has 0 atom stereocenters. The van der Waals surface area contributed by atoms with Crippen molar-refractivity contribution in [3.63, 3.8) is 0 Å². The summed E-state index contributed by atoms with van der Waals surface area (Å²) < 4.78 is 0. The van der Waals surface area contributed by atoms with Crippen molar-refractivity contribution < 1.29 is 0 Å². The van der Waals surface area contributed by atoms with E-state index in [4.69, 9.17) is 5.26 Å². The Morgan fingerprint density at radius 2 is 1.91 bits per heavy atom. The number of nitrogens with zero attached hydrogens (tertiary/aromatic N) is 1. The van der Waals surface area contributed by atoms with E-state index in [2.05, 4.69) is 65.7 Å². The van der Waals surface area contributed by atoms with Crippen LogP contribution in [0.25, 0.3) is 17.0 Å². The highest BCUT2D eigenvalue weighted by atomic mass is 14.7. The second kappa shape index (κ2) is 6.32. The van der Waals surface area contributed by atoms with Crippen molar-refractivity contribution in [1.82, 2.24) is 4.98 Å². The van der Waals surface area contributed by atoms with Gasteiger partial charge < -0.3 is 4.98 Å². The van der Waals surface area contributed by atoms with Crippen LogP contribution in [-0.2, 0) is 12.8 Å². The van der Waals surface area contributed by atoms with Gasteiger partial charge >= 0.3 is 0 Å². The number of benzene rings is 2. The first kappa shape index (κ1) is 14.2. The summed E-state index contributed by atoms with van der Waals surface area (Å²) in [5.74, 6) is 0. The number of para-hydroxylation sites is 1. The highest BCUT2D eigenvalue weighted by Crippen LogP contribution is 2.26. The molecule has 1 heterocycles. The molecule has 0 fully saturated rings. The minimum atomic E-state index is 0.447. The molecule has 0 saturated heterocycles. The van der Waals surface area contributed by atoms with Crippen LogP contribution in [0, 0.1) is 18.3 Å². The van der Waals surface area contributed by atoms with Crippen LogP contribution in [0.3, 0.4) is 0 Å². The van der Waals surface area contributed by atoms with E-state index in [0.29, 0.717) is 6.42 Å². The number of nitrogens with one attached hydrogen (secondary N) is 1. The normalized spacial score (nSPS) is 11.1. The van der Waals surface area contributed by atoms with Crippen molar-refractivity contribution in [2.45, 2.75) is 19.8 Å². The van der Waals surface area contributed by atoms with Crippen LogP contribution in [0.5, 0.6) is 0 Å². The number of H-pyrrole nitrogens is 1. The van der Waals surface area contributed by atoms with Gasteiger partial charge in [0.2, 0.25) is 0 Å². The highest BCUT2D eigenvalue weighted by molar-refractivity contribution is 5.91. The molecule has 22 heavy (non-hydrogen) atoms. The monoisotopic (exact) mass is 286 g/mol. The van der Waals surface area contributed by atoms with Crippen LogP contribution >= 0.6 is 0 Å². The SMILES string of the molecule is Cc1[nH]c2c(C=CCc3ccccc3)cccc2c1CC#N. The van der Waals surface area contributed by atoms with E-state index in [-0.39, 0.29) is 0 Å². The third-order valence-electron chi connectivity index (χ3n) is 3.94. The lowest BCUT2D eigenvalue weighted by atomic mass is 10.0.